The molecule has 29 heavy (non-hydrogen) atoms. The first-order valence-corrected chi connectivity index (χ1v) is 9.05. The van der Waals surface area contributed by atoms with Crippen LogP contribution < -0.4 is 15.4 Å². The summed E-state index contributed by atoms with van der Waals surface area (Å²) >= 11 is 0. The SMILES string of the molecule is CC(Nc1ccc([N+](=O)[O-])c(-c2ccccc2)n1)c1ccc2c(c1)NC(=O)CO2. The number of ether oxygens (including phenoxy) is 1. The Balaban J connectivity index is 1.62. The molecule has 4 rings (SSSR count). The normalized spacial score (nSPS) is 13.6. The third-order valence-electron chi connectivity index (χ3n) is 4.62. The Hall–Kier alpha value is -3.94. The number of carbonyl (C=O) groups is 1. The summed E-state index contributed by atoms with van der Waals surface area (Å²) in [7, 11) is 0. The summed E-state index contributed by atoms with van der Waals surface area (Å²) in [5.41, 5.74) is 2.45. The molecule has 1 atom stereocenters. The lowest BCUT2D eigenvalue weighted by atomic mass is 10.1. The van der Waals surface area contributed by atoms with Crippen LogP contribution in [0.1, 0.15) is 18.5 Å². The highest BCUT2D eigenvalue weighted by Crippen LogP contribution is 2.33. The van der Waals surface area contributed by atoms with Crippen LogP contribution in [0.25, 0.3) is 11.3 Å². The number of rotatable bonds is 5. The molecule has 1 aromatic heterocycles. The van der Waals surface area contributed by atoms with Crippen LogP contribution in [0, 0.1) is 10.1 Å². The predicted octanol–water partition coefficient (Wildman–Crippen LogP) is 4.16. The lowest BCUT2D eigenvalue weighted by Crippen LogP contribution is -2.25. The van der Waals surface area contributed by atoms with Gasteiger partial charge >= 0.3 is 0 Å². The summed E-state index contributed by atoms with van der Waals surface area (Å²) in [5.74, 6) is 0.945. The van der Waals surface area contributed by atoms with Gasteiger partial charge in [-0.3, -0.25) is 14.9 Å². The topological polar surface area (TPSA) is 106 Å². The van der Waals surface area contributed by atoms with Crippen LogP contribution >= 0.6 is 0 Å². The Morgan fingerprint density at radius 1 is 1.17 bits per heavy atom. The second-order valence-corrected chi connectivity index (χ2v) is 6.65. The first-order valence-electron chi connectivity index (χ1n) is 9.05. The van der Waals surface area contributed by atoms with Crippen molar-refractivity contribution in [3.63, 3.8) is 0 Å². The number of fused-ring (bicyclic) bond motifs is 1. The van der Waals surface area contributed by atoms with E-state index in [-0.39, 0.29) is 24.2 Å². The minimum absolute atomic E-state index is 0.00906. The monoisotopic (exact) mass is 390 g/mol. The van der Waals surface area contributed by atoms with Gasteiger partial charge < -0.3 is 15.4 Å². The fourth-order valence-corrected chi connectivity index (χ4v) is 3.16. The van der Waals surface area contributed by atoms with E-state index in [1.165, 1.54) is 6.07 Å². The van der Waals surface area contributed by atoms with E-state index in [2.05, 4.69) is 15.6 Å². The zero-order valence-corrected chi connectivity index (χ0v) is 15.6. The number of nitro groups is 1. The zero-order chi connectivity index (χ0) is 20.4. The van der Waals surface area contributed by atoms with E-state index in [4.69, 9.17) is 4.74 Å². The summed E-state index contributed by atoms with van der Waals surface area (Å²) in [4.78, 5) is 27.0. The van der Waals surface area contributed by atoms with Crippen molar-refractivity contribution in [2.24, 2.45) is 0 Å². The van der Waals surface area contributed by atoms with E-state index >= 15 is 0 Å². The Labute approximate surface area is 166 Å². The van der Waals surface area contributed by atoms with Crippen molar-refractivity contribution in [2.75, 3.05) is 17.2 Å². The van der Waals surface area contributed by atoms with Gasteiger partial charge in [0, 0.05) is 11.6 Å². The molecule has 0 saturated heterocycles. The molecule has 1 aliphatic rings. The predicted molar refractivity (Wildman–Crippen MR) is 109 cm³/mol. The van der Waals surface area contributed by atoms with Crippen LogP contribution in [-0.4, -0.2) is 22.4 Å². The van der Waals surface area contributed by atoms with E-state index in [1.54, 1.807) is 24.3 Å². The van der Waals surface area contributed by atoms with E-state index in [0.29, 0.717) is 28.5 Å². The second kappa shape index (κ2) is 7.59. The molecule has 0 bridgehead atoms. The number of benzene rings is 2. The molecule has 0 spiro atoms. The molecule has 146 valence electrons. The molecule has 0 radical (unpaired) electrons. The number of nitrogens with zero attached hydrogens (tertiary/aromatic N) is 2. The maximum absolute atomic E-state index is 11.5. The number of aromatic nitrogens is 1. The molecule has 2 aromatic carbocycles. The summed E-state index contributed by atoms with van der Waals surface area (Å²) < 4.78 is 5.38. The highest BCUT2D eigenvalue weighted by Gasteiger charge is 2.20. The molecule has 2 N–H and O–H groups in total. The maximum atomic E-state index is 11.5. The van der Waals surface area contributed by atoms with Gasteiger partial charge in [-0.2, -0.15) is 0 Å². The third kappa shape index (κ3) is 3.86. The van der Waals surface area contributed by atoms with Gasteiger partial charge in [-0.05, 0) is 30.7 Å². The highest BCUT2D eigenvalue weighted by molar-refractivity contribution is 5.95. The number of anilines is 2. The molecule has 1 aliphatic heterocycles. The standard InChI is InChI=1S/C21H18N4O4/c1-13(15-7-9-18-16(11-15)23-20(26)12-29-18)22-19-10-8-17(25(27)28)21(24-19)14-5-3-2-4-6-14/h2-11,13H,12H2,1H3,(H,22,24)(H,23,26). The molecule has 3 aromatic rings. The van der Waals surface area contributed by atoms with Crippen molar-refractivity contribution in [3.8, 4) is 17.0 Å². The van der Waals surface area contributed by atoms with Gasteiger partial charge in [-0.25, -0.2) is 4.98 Å². The molecule has 0 aliphatic carbocycles. The van der Waals surface area contributed by atoms with Gasteiger partial charge in [0.15, 0.2) is 12.3 Å². The number of pyridine rings is 1. The second-order valence-electron chi connectivity index (χ2n) is 6.65. The van der Waals surface area contributed by atoms with Gasteiger partial charge in [0.2, 0.25) is 0 Å². The lowest BCUT2D eigenvalue weighted by molar-refractivity contribution is -0.384. The zero-order valence-electron chi connectivity index (χ0n) is 15.6. The Morgan fingerprint density at radius 2 is 1.97 bits per heavy atom. The van der Waals surface area contributed by atoms with Crippen molar-refractivity contribution in [1.82, 2.24) is 4.98 Å². The van der Waals surface area contributed by atoms with Crippen LogP contribution in [0.4, 0.5) is 17.2 Å². The maximum Gasteiger partial charge on any atom is 0.295 e. The number of hydrogen-bond acceptors (Lipinski definition) is 6. The average Bonchev–Trinajstić information content (AvgIpc) is 2.73. The fraction of sp³-hybridized carbons (Fsp3) is 0.143. The van der Waals surface area contributed by atoms with Crippen molar-refractivity contribution in [2.45, 2.75) is 13.0 Å². The van der Waals surface area contributed by atoms with E-state index in [1.807, 2.05) is 37.3 Å². The minimum atomic E-state index is -0.436. The van der Waals surface area contributed by atoms with E-state index in [0.717, 1.165) is 5.56 Å². The molecular weight excluding hydrogens is 372 g/mol. The van der Waals surface area contributed by atoms with Gasteiger partial charge in [-0.1, -0.05) is 36.4 Å². The smallest absolute Gasteiger partial charge is 0.295 e. The average molecular weight is 390 g/mol. The van der Waals surface area contributed by atoms with Gasteiger partial charge in [0.1, 0.15) is 11.6 Å². The summed E-state index contributed by atoms with van der Waals surface area (Å²) in [6.07, 6.45) is 0. The van der Waals surface area contributed by atoms with Crippen molar-refractivity contribution >= 4 is 23.1 Å². The summed E-state index contributed by atoms with van der Waals surface area (Å²) in [6.45, 7) is 1.95. The largest absolute Gasteiger partial charge is 0.482 e. The van der Waals surface area contributed by atoms with Crippen molar-refractivity contribution in [1.29, 1.82) is 0 Å². The molecule has 2 heterocycles. The molecule has 0 saturated carbocycles. The van der Waals surface area contributed by atoms with E-state index < -0.39 is 4.92 Å². The number of hydrogen-bond donors (Lipinski definition) is 2. The fourth-order valence-electron chi connectivity index (χ4n) is 3.16. The molecular formula is C21H18N4O4. The Kier molecular flexibility index (Phi) is 4.82. The molecule has 0 fully saturated rings. The Morgan fingerprint density at radius 3 is 2.72 bits per heavy atom. The van der Waals surface area contributed by atoms with Gasteiger partial charge in [0.25, 0.3) is 11.6 Å². The third-order valence-corrected chi connectivity index (χ3v) is 4.62. The molecule has 1 unspecified atom stereocenters. The van der Waals surface area contributed by atoms with Gasteiger partial charge in [-0.15, -0.1) is 0 Å². The summed E-state index contributed by atoms with van der Waals surface area (Å²) in [5, 5.41) is 17.5. The van der Waals surface area contributed by atoms with Crippen LogP contribution in [-0.2, 0) is 4.79 Å². The number of amides is 1. The first kappa shape index (κ1) is 18.4. The van der Waals surface area contributed by atoms with Crippen molar-refractivity contribution in [3.05, 3.63) is 76.3 Å². The Bertz CT molecular complexity index is 1090. The van der Waals surface area contributed by atoms with Crippen molar-refractivity contribution < 1.29 is 14.5 Å². The number of carbonyl (C=O) groups excluding carboxylic acids is 1. The quantitative estimate of drug-likeness (QED) is 0.500. The molecule has 8 nitrogen and oxygen atoms in total. The molecule has 1 amide bonds. The van der Waals surface area contributed by atoms with Crippen LogP contribution in [0.2, 0.25) is 0 Å². The first-order chi connectivity index (χ1) is 14.0. The molecule has 8 heteroatoms. The minimum Gasteiger partial charge on any atom is -0.482 e. The van der Waals surface area contributed by atoms with Gasteiger partial charge in [0.05, 0.1) is 16.7 Å². The number of nitrogens with one attached hydrogen (secondary N) is 2. The van der Waals surface area contributed by atoms with E-state index in [9.17, 15) is 14.9 Å². The highest BCUT2D eigenvalue weighted by atomic mass is 16.6. The lowest BCUT2D eigenvalue weighted by Gasteiger charge is -2.21. The summed E-state index contributed by atoms with van der Waals surface area (Å²) in [6, 6.07) is 17.5. The van der Waals surface area contributed by atoms with Crippen LogP contribution in [0.3, 0.4) is 0 Å². The van der Waals surface area contributed by atoms with Crippen LogP contribution in [0.15, 0.2) is 60.7 Å². The van der Waals surface area contributed by atoms with Crippen LogP contribution in [0.5, 0.6) is 5.75 Å².